The molecule has 0 aliphatic heterocycles. The molecule has 4 aromatic rings. The molecule has 0 radical (unpaired) electrons. The Morgan fingerprint density at radius 2 is 1.89 bits per heavy atom. The van der Waals surface area contributed by atoms with E-state index in [-0.39, 0.29) is 17.2 Å². The van der Waals surface area contributed by atoms with Gasteiger partial charge in [-0.3, -0.25) is 4.98 Å². The molecule has 1 aromatic carbocycles. The Hall–Kier alpha value is -3.52. The van der Waals surface area contributed by atoms with Gasteiger partial charge in [0.25, 0.3) is 0 Å². The fourth-order valence-corrected chi connectivity index (χ4v) is 6.04. The summed E-state index contributed by atoms with van der Waals surface area (Å²) in [5, 5.41) is 19.4. The summed E-state index contributed by atoms with van der Waals surface area (Å²) in [7, 11) is 0. The number of oxazole rings is 1. The number of hydrogen-bond donors (Lipinski definition) is 1. The van der Waals surface area contributed by atoms with Crippen LogP contribution in [0.1, 0.15) is 69.1 Å². The first-order valence-electron chi connectivity index (χ1n) is 11.8. The molecule has 3 aromatic heterocycles. The fraction of sp³-hybridized carbons (Fsp3) is 0.370. The van der Waals surface area contributed by atoms with Crippen LogP contribution in [0.15, 0.2) is 53.4 Å². The van der Waals surface area contributed by atoms with Gasteiger partial charge < -0.3 is 9.52 Å². The van der Waals surface area contributed by atoms with Gasteiger partial charge in [-0.25, -0.2) is 14.4 Å². The Bertz CT molecular complexity index is 1460. The second-order valence-electron chi connectivity index (χ2n) is 10.6. The maximum atomic E-state index is 14.5. The van der Waals surface area contributed by atoms with Gasteiger partial charge in [-0.15, -0.1) is 0 Å². The number of nitrogens with zero attached hydrogens (tertiary/aromatic N) is 5. The minimum Gasteiger partial charge on any atom is -0.443 e. The van der Waals surface area contributed by atoms with E-state index in [9.17, 15) is 9.50 Å². The van der Waals surface area contributed by atoms with Gasteiger partial charge in [-0.05, 0) is 61.8 Å². The van der Waals surface area contributed by atoms with E-state index in [4.69, 9.17) is 9.40 Å². The SMILES string of the molecule is CC(C)(O)c1coc(-c2cncc([C@@]34CC[C@@H](c5cc(-c6ccccc6F)nnc53)C4(C)C)n2)n1. The lowest BCUT2D eigenvalue weighted by Gasteiger charge is -2.37. The van der Waals surface area contributed by atoms with E-state index in [0.717, 1.165) is 29.8 Å². The smallest absolute Gasteiger partial charge is 0.247 e. The lowest BCUT2D eigenvalue weighted by atomic mass is 9.66. The highest BCUT2D eigenvalue weighted by Crippen LogP contribution is 2.69. The lowest BCUT2D eigenvalue weighted by molar-refractivity contribution is 0.0738. The zero-order chi connectivity index (χ0) is 24.6. The minimum atomic E-state index is -1.12. The molecule has 2 bridgehead atoms. The number of hydrogen-bond acceptors (Lipinski definition) is 7. The molecule has 1 fully saturated rings. The van der Waals surface area contributed by atoms with Gasteiger partial charge in [0.2, 0.25) is 5.89 Å². The fourth-order valence-electron chi connectivity index (χ4n) is 6.04. The molecule has 2 aliphatic carbocycles. The molecule has 0 amide bonds. The van der Waals surface area contributed by atoms with Crippen LogP contribution in [0.2, 0.25) is 0 Å². The van der Waals surface area contributed by atoms with Crippen LogP contribution in [-0.2, 0) is 11.0 Å². The summed E-state index contributed by atoms with van der Waals surface area (Å²) in [6.07, 6.45) is 6.68. The number of benzene rings is 1. The van der Waals surface area contributed by atoms with Gasteiger partial charge >= 0.3 is 0 Å². The van der Waals surface area contributed by atoms with Gasteiger partial charge in [0, 0.05) is 11.8 Å². The summed E-state index contributed by atoms with van der Waals surface area (Å²) in [5.74, 6) is 0.237. The molecule has 2 aliphatic rings. The van der Waals surface area contributed by atoms with Crippen molar-refractivity contribution in [1.82, 2.24) is 25.1 Å². The second-order valence-corrected chi connectivity index (χ2v) is 10.6. The second kappa shape index (κ2) is 7.24. The summed E-state index contributed by atoms with van der Waals surface area (Å²) in [5.41, 5.74) is 2.89. The Kier molecular flexibility index (Phi) is 4.55. The van der Waals surface area contributed by atoms with E-state index in [2.05, 4.69) is 34.0 Å². The van der Waals surface area contributed by atoms with Crippen LogP contribution in [0.5, 0.6) is 0 Å². The molecular formula is C27H26FN5O2. The first-order chi connectivity index (χ1) is 16.6. The van der Waals surface area contributed by atoms with Crippen LogP contribution in [0.3, 0.4) is 0 Å². The first kappa shape index (κ1) is 22.0. The van der Waals surface area contributed by atoms with Crippen molar-refractivity contribution in [2.75, 3.05) is 0 Å². The van der Waals surface area contributed by atoms with Crippen LogP contribution in [-0.4, -0.2) is 30.3 Å². The van der Waals surface area contributed by atoms with Crippen LogP contribution in [0.4, 0.5) is 4.39 Å². The van der Waals surface area contributed by atoms with E-state index < -0.39 is 11.0 Å². The zero-order valence-electron chi connectivity index (χ0n) is 20.1. The number of halogens is 1. The molecule has 1 N–H and O–H groups in total. The highest BCUT2D eigenvalue weighted by molar-refractivity contribution is 5.63. The van der Waals surface area contributed by atoms with Crippen molar-refractivity contribution in [3.63, 3.8) is 0 Å². The van der Waals surface area contributed by atoms with Gasteiger partial charge in [-0.2, -0.15) is 10.2 Å². The normalized spacial score (nSPS) is 22.4. The van der Waals surface area contributed by atoms with Crippen LogP contribution in [0, 0.1) is 11.2 Å². The van der Waals surface area contributed by atoms with Crippen molar-refractivity contribution >= 4 is 0 Å². The maximum Gasteiger partial charge on any atom is 0.247 e. The number of aliphatic hydroxyl groups is 1. The standard InChI is InChI=1S/C27H26FN5O2/c1-25(2)17-9-10-27(25,23-16(17)11-19(32-33-23)15-7-5-6-8-18(15)28)21-13-29-12-20(30-21)24-31-22(14-35-24)26(3,4)34/h5-8,11-14,17,34H,9-10H2,1-4H3/t17-,27-/m0/s1. The first-order valence-corrected chi connectivity index (χ1v) is 11.8. The predicted molar refractivity (Wildman–Crippen MR) is 127 cm³/mol. The topological polar surface area (TPSA) is 97.8 Å². The quantitative estimate of drug-likeness (QED) is 0.439. The molecule has 35 heavy (non-hydrogen) atoms. The van der Waals surface area contributed by atoms with Crippen LogP contribution < -0.4 is 0 Å². The Morgan fingerprint density at radius 1 is 1.09 bits per heavy atom. The molecule has 7 nitrogen and oxygen atoms in total. The number of aromatic nitrogens is 5. The van der Waals surface area contributed by atoms with Crippen molar-refractivity contribution < 1.29 is 13.9 Å². The third-order valence-electron chi connectivity index (χ3n) is 7.95. The van der Waals surface area contributed by atoms with Crippen molar-refractivity contribution in [3.8, 4) is 22.8 Å². The monoisotopic (exact) mass is 471 g/mol. The summed E-state index contributed by atoms with van der Waals surface area (Å²) in [4.78, 5) is 13.9. The van der Waals surface area contributed by atoms with Gasteiger partial charge in [0.05, 0.1) is 28.7 Å². The maximum absolute atomic E-state index is 14.5. The third kappa shape index (κ3) is 3.02. The van der Waals surface area contributed by atoms with E-state index in [1.54, 1.807) is 44.4 Å². The zero-order valence-corrected chi connectivity index (χ0v) is 20.1. The molecule has 0 spiro atoms. The molecule has 0 saturated heterocycles. The summed E-state index contributed by atoms with van der Waals surface area (Å²) < 4.78 is 20.1. The molecule has 8 heteroatoms. The molecule has 178 valence electrons. The van der Waals surface area contributed by atoms with Gasteiger partial charge in [-0.1, -0.05) is 26.0 Å². The van der Waals surface area contributed by atoms with E-state index >= 15 is 0 Å². The lowest BCUT2D eigenvalue weighted by Crippen LogP contribution is -2.38. The predicted octanol–water partition coefficient (Wildman–Crippen LogP) is 5.16. The molecular weight excluding hydrogens is 445 g/mol. The van der Waals surface area contributed by atoms with Crippen molar-refractivity contribution in [2.24, 2.45) is 5.41 Å². The van der Waals surface area contributed by atoms with Crippen LogP contribution in [0.25, 0.3) is 22.8 Å². The summed E-state index contributed by atoms with van der Waals surface area (Å²) >= 11 is 0. The van der Waals surface area contributed by atoms with Crippen LogP contribution >= 0.6 is 0 Å². The van der Waals surface area contributed by atoms with Gasteiger partial charge in [0.1, 0.15) is 29.1 Å². The molecule has 0 unspecified atom stereocenters. The molecule has 3 heterocycles. The average Bonchev–Trinajstić information content (AvgIpc) is 3.48. The Balaban J connectivity index is 1.48. The summed E-state index contributed by atoms with van der Waals surface area (Å²) in [6, 6.07) is 8.64. The highest BCUT2D eigenvalue weighted by atomic mass is 19.1. The van der Waals surface area contributed by atoms with Crippen molar-refractivity contribution in [1.29, 1.82) is 0 Å². The summed E-state index contributed by atoms with van der Waals surface area (Å²) in [6.45, 7) is 7.78. The Morgan fingerprint density at radius 3 is 2.63 bits per heavy atom. The Labute approximate surface area is 202 Å². The molecule has 6 rings (SSSR count). The largest absolute Gasteiger partial charge is 0.443 e. The molecule has 2 atom stereocenters. The van der Waals surface area contributed by atoms with E-state index in [0.29, 0.717) is 28.5 Å². The van der Waals surface area contributed by atoms with Crippen molar-refractivity contribution in [3.05, 3.63) is 77.5 Å². The van der Waals surface area contributed by atoms with Crippen molar-refractivity contribution in [2.45, 2.75) is 57.5 Å². The number of fused-ring (bicyclic) bond motifs is 5. The third-order valence-corrected chi connectivity index (χ3v) is 7.95. The average molecular weight is 472 g/mol. The van der Waals surface area contributed by atoms with E-state index in [1.807, 2.05) is 6.07 Å². The highest BCUT2D eigenvalue weighted by Gasteiger charge is 2.65. The van der Waals surface area contributed by atoms with Gasteiger partial charge in [0.15, 0.2) is 0 Å². The minimum absolute atomic E-state index is 0.194. The van der Waals surface area contributed by atoms with E-state index in [1.165, 1.54) is 12.3 Å². The number of rotatable bonds is 4. The molecule has 1 saturated carbocycles.